The van der Waals surface area contributed by atoms with Gasteiger partial charge < -0.3 is 4.74 Å². The van der Waals surface area contributed by atoms with E-state index in [9.17, 15) is 9.59 Å². The van der Waals surface area contributed by atoms with Gasteiger partial charge in [-0.3, -0.25) is 9.59 Å². The van der Waals surface area contributed by atoms with Crippen LogP contribution in [-0.4, -0.2) is 23.9 Å². The molecule has 0 bridgehead atoms. The van der Waals surface area contributed by atoms with Crippen molar-refractivity contribution in [1.82, 2.24) is 4.98 Å². The minimum absolute atomic E-state index is 0.133. The van der Waals surface area contributed by atoms with E-state index in [4.69, 9.17) is 4.74 Å². The zero-order chi connectivity index (χ0) is 13.4. The Hall–Kier alpha value is -2.69. The first-order chi connectivity index (χ1) is 9.22. The Labute approximate surface area is 109 Å². The van der Waals surface area contributed by atoms with Crippen LogP contribution in [0.3, 0.4) is 0 Å². The third kappa shape index (κ3) is 1.67. The number of hydrogen-bond donors (Lipinski definition) is 0. The first kappa shape index (κ1) is 11.4. The molecule has 3 rings (SSSR count). The summed E-state index contributed by atoms with van der Waals surface area (Å²) in [5.41, 5.74) is 0.970. The quantitative estimate of drug-likeness (QED) is 0.768. The van der Waals surface area contributed by atoms with Crippen LogP contribution < -0.4 is 9.64 Å². The van der Waals surface area contributed by atoms with E-state index in [1.807, 2.05) is 6.07 Å². The number of aromatic nitrogens is 1. The SMILES string of the molecule is COc1ccc2c(n1)C(=O)N(c1ccccc1)C2=O. The van der Waals surface area contributed by atoms with Crippen LogP contribution in [0.5, 0.6) is 5.88 Å². The molecule has 5 heteroatoms. The molecular weight excluding hydrogens is 244 g/mol. The van der Waals surface area contributed by atoms with Crippen LogP contribution in [0.4, 0.5) is 5.69 Å². The zero-order valence-electron chi connectivity index (χ0n) is 10.2. The number of pyridine rings is 1. The van der Waals surface area contributed by atoms with Crippen molar-refractivity contribution >= 4 is 17.5 Å². The van der Waals surface area contributed by atoms with Gasteiger partial charge in [0.1, 0.15) is 5.69 Å². The molecule has 0 atom stereocenters. The molecule has 1 aliphatic rings. The summed E-state index contributed by atoms with van der Waals surface area (Å²) in [4.78, 5) is 29.7. The maximum absolute atomic E-state index is 12.3. The van der Waals surface area contributed by atoms with Gasteiger partial charge in [0.15, 0.2) is 0 Å². The third-order valence-electron chi connectivity index (χ3n) is 2.93. The number of amides is 2. The van der Waals surface area contributed by atoms with Gasteiger partial charge in [-0.15, -0.1) is 0 Å². The van der Waals surface area contributed by atoms with Crippen LogP contribution >= 0.6 is 0 Å². The molecule has 1 aromatic heterocycles. The fourth-order valence-electron chi connectivity index (χ4n) is 2.02. The molecule has 0 N–H and O–H groups in total. The largest absolute Gasteiger partial charge is 0.481 e. The number of fused-ring (bicyclic) bond motifs is 1. The number of ether oxygens (including phenoxy) is 1. The molecular formula is C14H10N2O3. The van der Waals surface area contributed by atoms with Crippen molar-refractivity contribution in [3.05, 3.63) is 53.7 Å². The molecule has 0 unspecified atom stereocenters. The summed E-state index contributed by atoms with van der Waals surface area (Å²) in [7, 11) is 1.46. The highest BCUT2D eigenvalue weighted by Gasteiger charge is 2.38. The van der Waals surface area contributed by atoms with Gasteiger partial charge in [0.25, 0.3) is 11.8 Å². The summed E-state index contributed by atoms with van der Waals surface area (Å²) in [5.74, 6) is -0.471. The predicted molar refractivity (Wildman–Crippen MR) is 68.4 cm³/mol. The van der Waals surface area contributed by atoms with Gasteiger partial charge >= 0.3 is 0 Å². The van der Waals surface area contributed by atoms with Crippen LogP contribution in [0.25, 0.3) is 0 Å². The van der Waals surface area contributed by atoms with E-state index in [1.54, 1.807) is 36.4 Å². The van der Waals surface area contributed by atoms with E-state index < -0.39 is 5.91 Å². The minimum Gasteiger partial charge on any atom is -0.481 e. The molecule has 2 amide bonds. The van der Waals surface area contributed by atoms with Crippen molar-refractivity contribution in [2.24, 2.45) is 0 Å². The topological polar surface area (TPSA) is 59.5 Å². The Kier molecular flexibility index (Phi) is 2.52. The van der Waals surface area contributed by atoms with E-state index in [0.717, 1.165) is 4.90 Å². The maximum Gasteiger partial charge on any atom is 0.284 e. The molecule has 0 saturated carbocycles. The molecule has 0 radical (unpaired) electrons. The number of benzene rings is 1. The lowest BCUT2D eigenvalue weighted by molar-refractivity contribution is 0.0924. The second-order valence-corrected chi connectivity index (χ2v) is 4.03. The normalized spacial score (nSPS) is 13.6. The fourth-order valence-corrected chi connectivity index (χ4v) is 2.02. The van der Waals surface area contributed by atoms with Gasteiger partial charge in [-0.1, -0.05) is 18.2 Å². The Bertz CT molecular complexity index is 668. The Morgan fingerprint density at radius 3 is 2.42 bits per heavy atom. The maximum atomic E-state index is 12.3. The van der Waals surface area contributed by atoms with E-state index in [-0.39, 0.29) is 11.6 Å². The lowest BCUT2D eigenvalue weighted by Crippen LogP contribution is -2.29. The molecule has 2 heterocycles. The van der Waals surface area contributed by atoms with Crippen molar-refractivity contribution in [2.75, 3.05) is 12.0 Å². The highest BCUT2D eigenvalue weighted by atomic mass is 16.5. The number of carbonyl (C=O) groups is 2. The standard InChI is InChI=1S/C14H10N2O3/c1-19-11-8-7-10-12(15-11)14(18)16(13(10)17)9-5-3-2-4-6-9/h2-8H,1H3. The monoisotopic (exact) mass is 254 g/mol. The van der Waals surface area contributed by atoms with Crippen LogP contribution in [0, 0.1) is 0 Å². The summed E-state index contributed by atoms with van der Waals surface area (Å²) in [6.07, 6.45) is 0. The molecule has 19 heavy (non-hydrogen) atoms. The number of hydrogen-bond acceptors (Lipinski definition) is 4. The van der Waals surface area contributed by atoms with Crippen LogP contribution in [0.1, 0.15) is 20.8 Å². The first-order valence-corrected chi connectivity index (χ1v) is 5.71. The minimum atomic E-state index is -0.426. The van der Waals surface area contributed by atoms with Crippen molar-refractivity contribution < 1.29 is 14.3 Å². The van der Waals surface area contributed by atoms with E-state index in [0.29, 0.717) is 17.1 Å². The van der Waals surface area contributed by atoms with Crippen LogP contribution in [0.2, 0.25) is 0 Å². The molecule has 0 spiro atoms. The van der Waals surface area contributed by atoms with Gasteiger partial charge in [0.2, 0.25) is 5.88 Å². The van der Waals surface area contributed by atoms with Gasteiger partial charge in [0.05, 0.1) is 18.4 Å². The van der Waals surface area contributed by atoms with Crippen LogP contribution in [-0.2, 0) is 0 Å². The van der Waals surface area contributed by atoms with E-state index >= 15 is 0 Å². The Morgan fingerprint density at radius 1 is 1.00 bits per heavy atom. The van der Waals surface area contributed by atoms with Gasteiger partial charge in [-0.2, -0.15) is 0 Å². The zero-order valence-corrected chi connectivity index (χ0v) is 10.2. The van der Waals surface area contributed by atoms with Crippen molar-refractivity contribution in [1.29, 1.82) is 0 Å². The first-order valence-electron chi connectivity index (χ1n) is 5.71. The Morgan fingerprint density at radius 2 is 1.74 bits per heavy atom. The molecule has 1 aliphatic heterocycles. The number of para-hydroxylation sites is 1. The van der Waals surface area contributed by atoms with Crippen LogP contribution in [0.15, 0.2) is 42.5 Å². The number of nitrogens with zero attached hydrogens (tertiary/aromatic N) is 2. The highest BCUT2D eigenvalue weighted by Crippen LogP contribution is 2.28. The number of methoxy groups -OCH3 is 1. The van der Waals surface area contributed by atoms with E-state index in [1.165, 1.54) is 7.11 Å². The van der Waals surface area contributed by atoms with Gasteiger partial charge in [0, 0.05) is 6.07 Å². The molecule has 5 nitrogen and oxygen atoms in total. The van der Waals surface area contributed by atoms with E-state index in [2.05, 4.69) is 4.98 Å². The fraction of sp³-hybridized carbons (Fsp3) is 0.0714. The van der Waals surface area contributed by atoms with Crippen molar-refractivity contribution in [3.8, 4) is 5.88 Å². The number of carbonyl (C=O) groups excluding carboxylic acids is 2. The van der Waals surface area contributed by atoms with Gasteiger partial charge in [-0.05, 0) is 18.2 Å². The highest BCUT2D eigenvalue weighted by molar-refractivity contribution is 6.33. The average molecular weight is 254 g/mol. The number of imide groups is 1. The molecule has 94 valence electrons. The summed E-state index contributed by atoms with van der Waals surface area (Å²) >= 11 is 0. The predicted octanol–water partition coefficient (Wildman–Crippen LogP) is 1.89. The average Bonchev–Trinajstić information content (AvgIpc) is 2.71. The van der Waals surface area contributed by atoms with Crippen molar-refractivity contribution in [2.45, 2.75) is 0 Å². The lowest BCUT2D eigenvalue weighted by Gasteiger charge is -2.12. The second kappa shape index (κ2) is 4.20. The molecule has 0 aliphatic carbocycles. The van der Waals surface area contributed by atoms with Crippen molar-refractivity contribution in [3.63, 3.8) is 0 Å². The molecule has 1 aromatic carbocycles. The third-order valence-corrected chi connectivity index (χ3v) is 2.93. The number of anilines is 1. The lowest BCUT2D eigenvalue weighted by atomic mass is 10.2. The summed E-state index contributed by atoms with van der Waals surface area (Å²) < 4.78 is 4.97. The summed E-state index contributed by atoms with van der Waals surface area (Å²) in [5, 5.41) is 0. The summed E-state index contributed by atoms with van der Waals surface area (Å²) in [6, 6.07) is 11.9. The Balaban J connectivity index is 2.10. The summed E-state index contributed by atoms with van der Waals surface area (Å²) in [6.45, 7) is 0. The molecule has 0 fully saturated rings. The molecule has 0 saturated heterocycles. The number of rotatable bonds is 2. The second-order valence-electron chi connectivity index (χ2n) is 4.03. The van der Waals surface area contributed by atoms with Gasteiger partial charge in [-0.25, -0.2) is 9.88 Å². The molecule has 2 aromatic rings. The smallest absolute Gasteiger partial charge is 0.284 e.